The second-order valence-corrected chi connectivity index (χ2v) is 6.43. The molecule has 1 atom stereocenters. The highest BCUT2D eigenvalue weighted by molar-refractivity contribution is 5.78. The van der Waals surface area contributed by atoms with Gasteiger partial charge in [0.15, 0.2) is 5.96 Å². The predicted molar refractivity (Wildman–Crippen MR) is 96.0 cm³/mol. The van der Waals surface area contributed by atoms with Crippen molar-refractivity contribution in [1.29, 1.82) is 0 Å². The molecule has 0 amide bonds. The Morgan fingerprint density at radius 2 is 2.28 bits per heavy atom. The van der Waals surface area contributed by atoms with Crippen molar-refractivity contribution in [3.05, 3.63) is 54.0 Å². The Labute approximate surface area is 147 Å². The zero-order valence-electron chi connectivity index (χ0n) is 14.4. The smallest absolute Gasteiger partial charge is 0.219 e. The van der Waals surface area contributed by atoms with Crippen LogP contribution in [0.2, 0.25) is 0 Å². The van der Waals surface area contributed by atoms with Gasteiger partial charge in [-0.1, -0.05) is 19.1 Å². The standard InChI is InChI=1S/C19H23FN4O/c1-14-4-3-9-24(13-14)19(21)23-12-15-7-8-18(22-11-15)25-17-6-2-5-16(20)10-17/h2,5-8,10-11,14H,3-4,9,12-13H2,1H3,(H2,21,23). The fourth-order valence-corrected chi connectivity index (χ4v) is 2.89. The van der Waals surface area contributed by atoms with Crippen molar-refractivity contribution >= 4 is 5.96 Å². The van der Waals surface area contributed by atoms with Crippen LogP contribution in [0.15, 0.2) is 47.6 Å². The first kappa shape index (κ1) is 17.2. The molecular formula is C19H23FN4O. The first-order chi connectivity index (χ1) is 12.1. The van der Waals surface area contributed by atoms with E-state index in [0.717, 1.165) is 25.1 Å². The fraction of sp³-hybridized carbons (Fsp3) is 0.368. The van der Waals surface area contributed by atoms with Crippen LogP contribution in [0.25, 0.3) is 0 Å². The third kappa shape index (κ3) is 4.92. The second kappa shape index (κ2) is 7.96. The molecular weight excluding hydrogens is 319 g/mol. The van der Waals surface area contributed by atoms with Crippen molar-refractivity contribution in [3.63, 3.8) is 0 Å². The van der Waals surface area contributed by atoms with E-state index in [4.69, 9.17) is 10.5 Å². The van der Waals surface area contributed by atoms with Crippen molar-refractivity contribution < 1.29 is 9.13 Å². The average molecular weight is 342 g/mol. The average Bonchev–Trinajstić information content (AvgIpc) is 2.61. The van der Waals surface area contributed by atoms with E-state index in [1.807, 2.05) is 6.07 Å². The Bertz CT molecular complexity index is 732. The Kier molecular flexibility index (Phi) is 5.48. The van der Waals surface area contributed by atoms with Crippen LogP contribution in [0.5, 0.6) is 11.6 Å². The van der Waals surface area contributed by atoms with Crippen LogP contribution < -0.4 is 10.5 Å². The van der Waals surface area contributed by atoms with Crippen molar-refractivity contribution in [3.8, 4) is 11.6 Å². The minimum atomic E-state index is -0.342. The lowest BCUT2D eigenvalue weighted by atomic mass is 10.0. The van der Waals surface area contributed by atoms with E-state index >= 15 is 0 Å². The summed E-state index contributed by atoms with van der Waals surface area (Å²) in [7, 11) is 0. The molecule has 6 heteroatoms. The molecule has 1 aromatic heterocycles. The monoisotopic (exact) mass is 342 g/mol. The fourth-order valence-electron chi connectivity index (χ4n) is 2.89. The lowest BCUT2D eigenvalue weighted by Crippen LogP contribution is -2.43. The normalized spacial score (nSPS) is 18.2. The number of pyridine rings is 1. The highest BCUT2D eigenvalue weighted by Crippen LogP contribution is 2.20. The number of likely N-dealkylation sites (tertiary alicyclic amines) is 1. The van der Waals surface area contributed by atoms with E-state index in [2.05, 4.69) is 21.8 Å². The molecule has 2 aromatic rings. The minimum absolute atomic E-state index is 0.342. The van der Waals surface area contributed by atoms with Crippen LogP contribution in [-0.4, -0.2) is 28.9 Å². The van der Waals surface area contributed by atoms with Crippen molar-refractivity contribution in [2.45, 2.75) is 26.3 Å². The maximum Gasteiger partial charge on any atom is 0.219 e. The molecule has 1 aromatic carbocycles. The van der Waals surface area contributed by atoms with E-state index < -0.39 is 0 Å². The van der Waals surface area contributed by atoms with Gasteiger partial charge >= 0.3 is 0 Å². The van der Waals surface area contributed by atoms with Gasteiger partial charge in [-0.05, 0) is 36.5 Å². The molecule has 5 nitrogen and oxygen atoms in total. The number of aliphatic imine (C=N–C) groups is 1. The summed E-state index contributed by atoms with van der Waals surface area (Å²) in [5, 5.41) is 0. The predicted octanol–water partition coefficient (Wildman–Crippen LogP) is 3.56. The molecule has 0 aliphatic carbocycles. The number of hydrogen-bond acceptors (Lipinski definition) is 3. The number of aromatic nitrogens is 1. The molecule has 1 unspecified atom stereocenters. The van der Waals surface area contributed by atoms with Gasteiger partial charge in [-0.15, -0.1) is 0 Å². The number of nitrogens with two attached hydrogens (primary N) is 1. The Morgan fingerprint density at radius 3 is 3.00 bits per heavy atom. The molecule has 1 aliphatic heterocycles. The highest BCUT2D eigenvalue weighted by Gasteiger charge is 2.17. The lowest BCUT2D eigenvalue weighted by Gasteiger charge is -2.31. The Morgan fingerprint density at radius 1 is 1.40 bits per heavy atom. The molecule has 0 radical (unpaired) electrons. The third-order valence-electron chi connectivity index (χ3n) is 4.22. The van der Waals surface area contributed by atoms with Crippen LogP contribution in [0, 0.1) is 11.7 Å². The zero-order chi connectivity index (χ0) is 17.6. The number of halogens is 1. The summed E-state index contributed by atoms with van der Waals surface area (Å²) in [6, 6.07) is 9.60. The van der Waals surface area contributed by atoms with Gasteiger partial charge in [-0.25, -0.2) is 14.4 Å². The van der Waals surface area contributed by atoms with Crippen LogP contribution in [0.1, 0.15) is 25.3 Å². The summed E-state index contributed by atoms with van der Waals surface area (Å²) in [6.07, 6.45) is 4.11. The Balaban J connectivity index is 1.58. The largest absolute Gasteiger partial charge is 0.439 e. The SMILES string of the molecule is CC1CCCN(C(N)=NCc2ccc(Oc3cccc(F)c3)nc2)C1. The van der Waals surface area contributed by atoms with Gasteiger partial charge in [-0.2, -0.15) is 0 Å². The van der Waals surface area contributed by atoms with Crippen LogP contribution in [0.4, 0.5) is 4.39 Å². The molecule has 2 N–H and O–H groups in total. The molecule has 2 heterocycles. The molecule has 1 aliphatic rings. The van der Waals surface area contributed by atoms with E-state index in [9.17, 15) is 4.39 Å². The Hall–Kier alpha value is -2.63. The summed E-state index contributed by atoms with van der Waals surface area (Å²) in [6.45, 7) is 4.65. The zero-order valence-corrected chi connectivity index (χ0v) is 14.4. The summed E-state index contributed by atoms with van der Waals surface area (Å²) >= 11 is 0. The molecule has 0 bridgehead atoms. The molecule has 1 saturated heterocycles. The number of benzene rings is 1. The van der Waals surface area contributed by atoms with Gasteiger partial charge in [0.2, 0.25) is 5.88 Å². The number of piperidine rings is 1. The quantitative estimate of drug-likeness (QED) is 0.682. The molecule has 0 saturated carbocycles. The number of nitrogens with zero attached hydrogens (tertiary/aromatic N) is 3. The van der Waals surface area contributed by atoms with E-state index in [1.165, 1.54) is 18.6 Å². The van der Waals surface area contributed by atoms with E-state index in [-0.39, 0.29) is 5.82 Å². The van der Waals surface area contributed by atoms with Gasteiger partial charge < -0.3 is 15.4 Å². The van der Waals surface area contributed by atoms with E-state index in [1.54, 1.807) is 24.4 Å². The summed E-state index contributed by atoms with van der Waals surface area (Å²) in [5.74, 6) is 1.74. The first-order valence-electron chi connectivity index (χ1n) is 8.53. The van der Waals surface area contributed by atoms with Crippen molar-refractivity contribution in [2.24, 2.45) is 16.6 Å². The van der Waals surface area contributed by atoms with Gasteiger partial charge in [0, 0.05) is 31.4 Å². The molecule has 3 rings (SSSR count). The topological polar surface area (TPSA) is 63.7 Å². The second-order valence-electron chi connectivity index (χ2n) is 6.43. The number of rotatable bonds is 4. The molecule has 1 fully saturated rings. The molecule has 132 valence electrons. The van der Waals surface area contributed by atoms with Crippen LogP contribution in [-0.2, 0) is 6.54 Å². The highest BCUT2D eigenvalue weighted by atomic mass is 19.1. The van der Waals surface area contributed by atoms with Gasteiger partial charge in [0.25, 0.3) is 0 Å². The molecule has 0 spiro atoms. The van der Waals surface area contributed by atoms with Crippen molar-refractivity contribution in [1.82, 2.24) is 9.88 Å². The maximum atomic E-state index is 13.2. The number of hydrogen-bond donors (Lipinski definition) is 1. The van der Waals surface area contributed by atoms with Crippen molar-refractivity contribution in [2.75, 3.05) is 13.1 Å². The van der Waals surface area contributed by atoms with Crippen LogP contribution in [0.3, 0.4) is 0 Å². The van der Waals surface area contributed by atoms with Gasteiger partial charge in [0.1, 0.15) is 11.6 Å². The summed E-state index contributed by atoms with van der Waals surface area (Å²) in [5.41, 5.74) is 7.04. The minimum Gasteiger partial charge on any atom is -0.439 e. The summed E-state index contributed by atoms with van der Waals surface area (Å²) < 4.78 is 18.7. The van der Waals surface area contributed by atoms with Gasteiger partial charge in [-0.3, -0.25) is 0 Å². The van der Waals surface area contributed by atoms with Crippen LogP contribution >= 0.6 is 0 Å². The first-order valence-corrected chi connectivity index (χ1v) is 8.53. The van der Waals surface area contributed by atoms with E-state index in [0.29, 0.717) is 30.1 Å². The summed E-state index contributed by atoms with van der Waals surface area (Å²) in [4.78, 5) is 10.8. The number of guanidine groups is 1. The third-order valence-corrected chi connectivity index (χ3v) is 4.22. The van der Waals surface area contributed by atoms with Gasteiger partial charge in [0.05, 0.1) is 6.54 Å². The number of ether oxygens (including phenoxy) is 1. The molecule has 25 heavy (non-hydrogen) atoms. The lowest BCUT2D eigenvalue weighted by molar-refractivity contribution is 0.270. The maximum absolute atomic E-state index is 13.2.